The maximum Gasteiger partial charge on any atom is 0.0594 e. The number of ether oxygens (including phenoxy) is 1. The van der Waals surface area contributed by atoms with Crippen LogP contribution >= 0.6 is 12.4 Å². The minimum Gasteiger partial charge on any atom is -0.379 e. The van der Waals surface area contributed by atoms with Crippen LogP contribution in [0.1, 0.15) is 20.3 Å². The van der Waals surface area contributed by atoms with Crippen molar-refractivity contribution in [1.82, 2.24) is 15.1 Å². The molecule has 0 aromatic rings. The molecule has 5 heteroatoms. The Balaban J connectivity index is 0.00000180. The summed E-state index contributed by atoms with van der Waals surface area (Å²) in [4.78, 5) is 5.06. The van der Waals surface area contributed by atoms with E-state index >= 15 is 0 Å². The summed E-state index contributed by atoms with van der Waals surface area (Å²) in [6.07, 6.45) is 1.31. The Kier molecular flexibility index (Phi) is 7.05. The molecule has 0 aromatic carbocycles. The molecule has 0 spiro atoms. The molecule has 2 unspecified atom stereocenters. The SMILES string of the molecule is CC(CN1CCOCC1)N(C)CC1(C)CCNC1.Cl. The standard InChI is InChI=1S/C14H29N3O.ClH/c1-13(10-17-6-8-18-9-7-17)16(3)12-14(2)4-5-15-11-14;/h13,15H,4-12H2,1-3H3;1H. The van der Waals surface area contributed by atoms with Crippen LogP contribution in [0, 0.1) is 5.41 Å². The van der Waals surface area contributed by atoms with E-state index in [2.05, 4.69) is 36.0 Å². The van der Waals surface area contributed by atoms with E-state index in [1.165, 1.54) is 32.6 Å². The van der Waals surface area contributed by atoms with Crippen molar-refractivity contribution in [1.29, 1.82) is 0 Å². The molecule has 2 rings (SSSR count). The third-order valence-electron chi connectivity index (χ3n) is 4.47. The van der Waals surface area contributed by atoms with Crippen LogP contribution in [-0.2, 0) is 4.74 Å². The van der Waals surface area contributed by atoms with E-state index in [9.17, 15) is 0 Å². The molecular weight excluding hydrogens is 262 g/mol. The van der Waals surface area contributed by atoms with Crippen LogP contribution in [0.4, 0.5) is 0 Å². The summed E-state index contributed by atoms with van der Waals surface area (Å²) in [5.74, 6) is 0. The minimum atomic E-state index is 0. The first-order chi connectivity index (χ1) is 8.59. The summed E-state index contributed by atoms with van der Waals surface area (Å²) in [6, 6.07) is 0.625. The number of likely N-dealkylation sites (N-methyl/N-ethyl adjacent to an activating group) is 1. The van der Waals surface area contributed by atoms with E-state index < -0.39 is 0 Å². The first kappa shape index (κ1) is 17.2. The molecule has 2 saturated heterocycles. The lowest BCUT2D eigenvalue weighted by Gasteiger charge is -2.36. The quantitative estimate of drug-likeness (QED) is 0.820. The summed E-state index contributed by atoms with van der Waals surface area (Å²) in [5.41, 5.74) is 0.466. The van der Waals surface area contributed by atoms with E-state index in [1.807, 2.05) is 0 Å². The van der Waals surface area contributed by atoms with Gasteiger partial charge in [0.25, 0.3) is 0 Å². The molecule has 0 aromatic heterocycles. The van der Waals surface area contributed by atoms with E-state index in [-0.39, 0.29) is 12.4 Å². The predicted octanol–water partition coefficient (Wildman–Crippen LogP) is 1.06. The molecule has 0 bridgehead atoms. The van der Waals surface area contributed by atoms with Crippen molar-refractivity contribution in [2.24, 2.45) is 5.41 Å². The van der Waals surface area contributed by atoms with E-state index in [0.717, 1.165) is 26.3 Å². The number of nitrogens with one attached hydrogen (secondary N) is 1. The van der Waals surface area contributed by atoms with E-state index in [1.54, 1.807) is 0 Å². The molecule has 114 valence electrons. The van der Waals surface area contributed by atoms with Gasteiger partial charge in [-0.2, -0.15) is 0 Å². The third-order valence-corrected chi connectivity index (χ3v) is 4.47. The summed E-state index contributed by atoms with van der Waals surface area (Å²) in [7, 11) is 2.27. The van der Waals surface area contributed by atoms with Crippen molar-refractivity contribution < 1.29 is 4.74 Å². The van der Waals surface area contributed by atoms with Crippen LogP contribution in [0.2, 0.25) is 0 Å². The molecule has 2 heterocycles. The second-order valence-corrected chi connectivity index (χ2v) is 6.41. The largest absolute Gasteiger partial charge is 0.379 e. The van der Waals surface area contributed by atoms with Gasteiger partial charge in [0.05, 0.1) is 13.2 Å². The van der Waals surface area contributed by atoms with Gasteiger partial charge in [0.2, 0.25) is 0 Å². The number of nitrogens with zero attached hydrogens (tertiary/aromatic N) is 2. The average molecular weight is 292 g/mol. The Morgan fingerprint density at radius 1 is 1.37 bits per heavy atom. The first-order valence-corrected chi connectivity index (χ1v) is 7.30. The molecule has 0 amide bonds. The van der Waals surface area contributed by atoms with Gasteiger partial charge in [0.1, 0.15) is 0 Å². The zero-order valence-electron chi connectivity index (χ0n) is 12.7. The highest BCUT2D eigenvalue weighted by atomic mass is 35.5. The Morgan fingerprint density at radius 3 is 2.63 bits per heavy atom. The molecule has 1 N–H and O–H groups in total. The molecule has 0 radical (unpaired) electrons. The fraction of sp³-hybridized carbons (Fsp3) is 1.00. The van der Waals surface area contributed by atoms with Gasteiger partial charge < -0.3 is 15.0 Å². The van der Waals surface area contributed by atoms with Crippen molar-refractivity contribution in [3.63, 3.8) is 0 Å². The van der Waals surface area contributed by atoms with Gasteiger partial charge >= 0.3 is 0 Å². The van der Waals surface area contributed by atoms with Crippen molar-refractivity contribution in [2.75, 3.05) is 59.5 Å². The molecule has 0 saturated carbocycles. The summed E-state index contributed by atoms with van der Waals surface area (Å²) < 4.78 is 5.40. The molecule has 0 aliphatic carbocycles. The van der Waals surface area contributed by atoms with Crippen LogP contribution in [0.15, 0.2) is 0 Å². The van der Waals surface area contributed by atoms with Gasteiger partial charge in [-0.05, 0) is 32.4 Å². The van der Waals surface area contributed by atoms with Crippen molar-refractivity contribution in [2.45, 2.75) is 26.3 Å². The molecule has 2 atom stereocenters. The highest BCUT2D eigenvalue weighted by Gasteiger charge is 2.31. The van der Waals surface area contributed by atoms with Gasteiger partial charge in [-0.3, -0.25) is 4.90 Å². The van der Waals surface area contributed by atoms with E-state index in [0.29, 0.717) is 11.5 Å². The maximum absolute atomic E-state index is 5.40. The fourth-order valence-electron chi connectivity index (χ4n) is 3.06. The molecular formula is C14H30ClN3O. The molecule has 4 nitrogen and oxygen atoms in total. The molecule has 19 heavy (non-hydrogen) atoms. The number of hydrogen-bond acceptors (Lipinski definition) is 4. The van der Waals surface area contributed by atoms with Gasteiger partial charge in [-0.25, -0.2) is 0 Å². The second-order valence-electron chi connectivity index (χ2n) is 6.41. The molecule has 2 aliphatic heterocycles. The summed E-state index contributed by atoms with van der Waals surface area (Å²) in [5, 5.41) is 3.48. The Labute approximate surface area is 124 Å². The topological polar surface area (TPSA) is 27.7 Å². The van der Waals surface area contributed by atoms with Crippen LogP contribution in [0.3, 0.4) is 0 Å². The number of morpholine rings is 1. The minimum absolute atomic E-state index is 0. The van der Waals surface area contributed by atoms with Crippen LogP contribution in [-0.4, -0.2) is 75.4 Å². The van der Waals surface area contributed by atoms with Gasteiger partial charge in [0.15, 0.2) is 0 Å². The lowest BCUT2D eigenvalue weighted by atomic mass is 9.89. The smallest absolute Gasteiger partial charge is 0.0594 e. The van der Waals surface area contributed by atoms with Gasteiger partial charge in [-0.15, -0.1) is 12.4 Å². The monoisotopic (exact) mass is 291 g/mol. The van der Waals surface area contributed by atoms with E-state index in [4.69, 9.17) is 4.74 Å². The number of rotatable bonds is 5. The Bertz CT molecular complexity index is 253. The highest BCUT2D eigenvalue weighted by molar-refractivity contribution is 5.85. The van der Waals surface area contributed by atoms with Crippen molar-refractivity contribution >= 4 is 12.4 Å². The van der Waals surface area contributed by atoms with Crippen molar-refractivity contribution in [3.8, 4) is 0 Å². The van der Waals surface area contributed by atoms with Crippen LogP contribution < -0.4 is 5.32 Å². The summed E-state index contributed by atoms with van der Waals surface area (Å²) >= 11 is 0. The lowest BCUT2D eigenvalue weighted by Crippen LogP contribution is -2.47. The zero-order chi connectivity index (χ0) is 13.0. The maximum atomic E-state index is 5.40. The third kappa shape index (κ3) is 5.20. The predicted molar refractivity (Wildman–Crippen MR) is 82.2 cm³/mol. The number of halogens is 1. The van der Waals surface area contributed by atoms with Gasteiger partial charge in [-0.1, -0.05) is 6.92 Å². The lowest BCUT2D eigenvalue weighted by molar-refractivity contribution is 0.0238. The number of hydrogen-bond donors (Lipinski definition) is 1. The second kappa shape index (κ2) is 7.79. The van der Waals surface area contributed by atoms with Crippen LogP contribution in [0.5, 0.6) is 0 Å². The summed E-state index contributed by atoms with van der Waals surface area (Å²) in [6.45, 7) is 13.5. The zero-order valence-corrected chi connectivity index (χ0v) is 13.5. The average Bonchev–Trinajstić information content (AvgIpc) is 2.77. The fourth-order valence-corrected chi connectivity index (χ4v) is 3.06. The first-order valence-electron chi connectivity index (χ1n) is 7.30. The highest BCUT2D eigenvalue weighted by Crippen LogP contribution is 2.25. The molecule has 2 fully saturated rings. The van der Waals surface area contributed by atoms with Crippen molar-refractivity contribution in [3.05, 3.63) is 0 Å². The Hall–Kier alpha value is 0.130. The van der Waals surface area contributed by atoms with Gasteiger partial charge in [0, 0.05) is 38.8 Å². The normalized spacial score (nSPS) is 30.3. The Morgan fingerprint density at radius 2 is 2.05 bits per heavy atom. The van der Waals surface area contributed by atoms with Crippen LogP contribution in [0.25, 0.3) is 0 Å². The molecule has 2 aliphatic rings.